The molecule has 0 aromatic rings. The van der Waals surface area contributed by atoms with Gasteiger partial charge in [-0.25, -0.2) is 0 Å². The molecule has 190 valence electrons. The van der Waals surface area contributed by atoms with Crippen LogP contribution in [0.5, 0.6) is 0 Å². The summed E-state index contributed by atoms with van der Waals surface area (Å²) in [5, 5.41) is 0. The van der Waals surface area contributed by atoms with Gasteiger partial charge in [-0.2, -0.15) is 0 Å². The van der Waals surface area contributed by atoms with Crippen LogP contribution >= 0.6 is 0 Å². The predicted molar refractivity (Wildman–Crippen MR) is 135 cm³/mol. The number of ether oxygens (including phenoxy) is 2. The highest BCUT2D eigenvalue weighted by atomic mass is 16.5. The van der Waals surface area contributed by atoms with Gasteiger partial charge in [-0.1, -0.05) is 117 Å². The first-order valence-electron chi connectivity index (χ1n) is 14.0. The Kier molecular flexibility index (Phi) is 25.3. The van der Waals surface area contributed by atoms with Gasteiger partial charge in [0.15, 0.2) is 0 Å². The van der Waals surface area contributed by atoms with Gasteiger partial charge < -0.3 is 9.47 Å². The fourth-order valence-electron chi connectivity index (χ4n) is 3.88. The van der Waals surface area contributed by atoms with Crippen LogP contribution in [-0.4, -0.2) is 25.2 Å². The first-order chi connectivity index (χ1) is 15.7. The van der Waals surface area contributed by atoms with E-state index in [2.05, 4.69) is 13.8 Å². The maximum atomic E-state index is 11.8. The number of unbranched alkanes of at least 4 members (excludes halogenated alkanes) is 17. The minimum Gasteiger partial charge on any atom is -0.466 e. The molecule has 0 spiro atoms. The molecule has 0 fully saturated rings. The summed E-state index contributed by atoms with van der Waals surface area (Å²) in [7, 11) is 0. The molecule has 0 aliphatic rings. The van der Waals surface area contributed by atoms with E-state index in [9.17, 15) is 9.59 Å². The molecule has 0 rings (SSSR count). The normalized spacial score (nSPS) is 10.9. The lowest BCUT2D eigenvalue weighted by molar-refractivity contribution is -0.144. The highest BCUT2D eigenvalue weighted by Gasteiger charge is 2.05. The van der Waals surface area contributed by atoms with Crippen molar-refractivity contribution in [1.82, 2.24) is 0 Å². The minimum atomic E-state index is -0.105. The summed E-state index contributed by atoms with van der Waals surface area (Å²) in [6, 6.07) is 0. The second-order valence-electron chi connectivity index (χ2n) is 9.30. The van der Waals surface area contributed by atoms with Gasteiger partial charge in [0.2, 0.25) is 0 Å². The molecule has 0 radical (unpaired) electrons. The van der Waals surface area contributed by atoms with E-state index in [-0.39, 0.29) is 11.9 Å². The van der Waals surface area contributed by atoms with Crippen molar-refractivity contribution in [1.29, 1.82) is 0 Å². The number of hydrogen-bond donors (Lipinski definition) is 0. The van der Waals surface area contributed by atoms with E-state index in [0.29, 0.717) is 26.1 Å². The van der Waals surface area contributed by atoms with Gasteiger partial charge in [-0.3, -0.25) is 9.59 Å². The Bertz CT molecular complexity index is 408. The van der Waals surface area contributed by atoms with Crippen molar-refractivity contribution in [3.8, 4) is 0 Å². The van der Waals surface area contributed by atoms with Gasteiger partial charge >= 0.3 is 11.9 Å². The molecule has 0 aromatic carbocycles. The van der Waals surface area contributed by atoms with Gasteiger partial charge in [-0.15, -0.1) is 0 Å². The quantitative estimate of drug-likeness (QED) is 0.102. The summed E-state index contributed by atoms with van der Waals surface area (Å²) in [4.78, 5) is 23.4. The molecule has 4 heteroatoms. The molecule has 0 heterocycles. The lowest BCUT2D eigenvalue weighted by atomic mass is 10.0. The van der Waals surface area contributed by atoms with Gasteiger partial charge in [0.25, 0.3) is 0 Å². The summed E-state index contributed by atoms with van der Waals surface area (Å²) < 4.78 is 10.5. The molecule has 0 aliphatic heterocycles. The number of carbonyl (C=O) groups is 2. The van der Waals surface area contributed by atoms with E-state index in [1.807, 2.05) is 0 Å². The Hall–Kier alpha value is -1.06. The van der Waals surface area contributed by atoms with Crippen molar-refractivity contribution >= 4 is 11.9 Å². The highest BCUT2D eigenvalue weighted by Crippen LogP contribution is 2.13. The zero-order valence-corrected chi connectivity index (χ0v) is 21.6. The Morgan fingerprint density at radius 2 is 0.688 bits per heavy atom. The molecule has 0 bridgehead atoms. The first-order valence-corrected chi connectivity index (χ1v) is 14.0. The third kappa shape index (κ3) is 25.2. The Labute approximate surface area is 199 Å². The lowest BCUT2D eigenvalue weighted by Crippen LogP contribution is -2.07. The number of esters is 2. The van der Waals surface area contributed by atoms with E-state index in [1.54, 1.807) is 0 Å². The SMILES string of the molecule is CCCCCCCCCCCCCCCOC(=O)CCCCCC(=O)OCCCCCC. The molecule has 0 saturated heterocycles. The van der Waals surface area contributed by atoms with Crippen LogP contribution in [0, 0.1) is 0 Å². The maximum Gasteiger partial charge on any atom is 0.305 e. The number of carbonyl (C=O) groups excluding carboxylic acids is 2. The third-order valence-corrected chi connectivity index (χ3v) is 6.03. The van der Waals surface area contributed by atoms with Crippen LogP contribution in [0.2, 0.25) is 0 Å². The maximum absolute atomic E-state index is 11.8. The van der Waals surface area contributed by atoms with Crippen LogP contribution in [-0.2, 0) is 19.1 Å². The molecule has 0 atom stereocenters. The Morgan fingerprint density at radius 3 is 1.06 bits per heavy atom. The molecule has 0 aliphatic carbocycles. The molecule has 0 aromatic heterocycles. The fraction of sp³-hybridized carbons (Fsp3) is 0.929. The third-order valence-electron chi connectivity index (χ3n) is 6.03. The van der Waals surface area contributed by atoms with Crippen LogP contribution in [0.1, 0.15) is 155 Å². The van der Waals surface area contributed by atoms with Crippen molar-refractivity contribution in [3.63, 3.8) is 0 Å². The van der Waals surface area contributed by atoms with Crippen LogP contribution < -0.4 is 0 Å². The van der Waals surface area contributed by atoms with Crippen molar-refractivity contribution < 1.29 is 19.1 Å². The van der Waals surface area contributed by atoms with E-state index in [0.717, 1.165) is 44.9 Å². The van der Waals surface area contributed by atoms with Crippen molar-refractivity contribution in [2.24, 2.45) is 0 Å². The predicted octanol–water partition coefficient (Wildman–Crippen LogP) is 8.69. The molecule has 0 saturated carbocycles. The van der Waals surface area contributed by atoms with Gasteiger partial charge in [0.1, 0.15) is 0 Å². The average Bonchev–Trinajstić information content (AvgIpc) is 2.79. The van der Waals surface area contributed by atoms with Gasteiger partial charge in [0, 0.05) is 12.8 Å². The topological polar surface area (TPSA) is 52.6 Å². The Morgan fingerprint density at radius 1 is 0.406 bits per heavy atom. The molecule has 0 N–H and O–H groups in total. The average molecular weight is 455 g/mol. The first kappa shape index (κ1) is 30.9. The molecular formula is C28H54O4. The smallest absolute Gasteiger partial charge is 0.305 e. The summed E-state index contributed by atoms with van der Waals surface area (Å²) in [5.74, 6) is -0.200. The van der Waals surface area contributed by atoms with E-state index in [4.69, 9.17) is 9.47 Å². The minimum absolute atomic E-state index is 0.0950. The fourth-order valence-corrected chi connectivity index (χ4v) is 3.88. The van der Waals surface area contributed by atoms with Crippen LogP contribution in [0.15, 0.2) is 0 Å². The zero-order valence-electron chi connectivity index (χ0n) is 21.6. The molecule has 4 nitrogen and oxygen atoms in total. The van der Waals surface area contributed by atoms with Crippen LogP contribution in [0.25, 0.3) is 0 Å². The van der Waals surface area contributed by atoms with Crippen molar-refractivity contribution in [2.45, 2.75) is 155 Å². The summed E-state index contributed by atoms with van der Waals surface area (Å²) in [6.07, 6.45) is 25.1. The standard InChI is InChI=1S/C28H54O4/c1-3-5-7-9-10-11-12-13-14-15-16-17-22-26-32-28(30)24-20-18-19-23-27(29)31-25-21-8-6-4-2/h3-26H2,1-2H3. The molecule has 0 amide bonds. The zero-order chi connectivity index (χ0) is 23.5. The second-order valence-corrected chi connectivity index (χ2v) is 9.30. The van der Waals surface area contributed by atoms with E-state index in [1.165, 1.54) is 83.5 Å². The summed E-state index contributed by atoms with van der Waals surface area (Å²) in [5.41, 5.74) is 0. The highest BCUT2D eigenvalue weighted by molar-refractivity contribution is 5.69. The number of rotatable bonds is 25. The monoisotopic (exact) mass is 454 g/mol. The molecule has 32 heavy (non-hydrogen) atoms. The lowest BCUT2D eigenvalue weighted by Gasteiger charge is -2.06. The van der Waals surface area contributed by atoms with Crippen molar-refractivity contribution in [2.75, 3.05) is 13.2 Å². The summed E-state index contributed by atoms with van der Waals surface area (Å²) in [6.45, 7) is 5.54. The largest absolute Gasteiger partial charge is 0.466 e. The number of hydrogen-bond acceptors (Lipinski definition) is 4. The van der Waals surface area contributed by atoms with E-state index < -0.39 is 0 Å². The van der Waals surface area contributed by atoms with E-state index >= 15 is 0 Å². The molecule has 0 unspecified atom stereocenters. The molecular weight excluding hydrogens is 400 g/mol. The van der Waals surface area contributed by atoms with Crippen molar-refractivity contribution in [3.05, 3.63) is 0 Å². The Balaban J connectivity index is 3.24. The van der Waals surface area contributed by atoms with Crippen LogP contribution in [0.3, 0.4) is 0 Å². The van der Waals surface area contributed by atoms with Gasteiger partial charge in [-0.05, 0) is 25.7 Å². The van der Waals surface area contributed by atoms with Gasteiger partial charge in [0.05, 0.1) is 13.2 Å². The van der Waals surface area contributed by atoms with Crippen LogP contribution in [0.4, 0.5) is 0 Å². The summed E-state index contributed by atoms with van der Waals surface area (Å²) >= 11 is 0. The second kappa shape index (κ2) is 26.2.